The number of imidazole rings is 1. The first-order chi connectivity index (χ1) is 21.0. The highest BCUT2D eigenvalue weighted by Gasteiger charge is 2.32. The number of rotatable bonds is 7. The number of amides is 1. The van der Waals surface area contributed by atoms with Gasteiger partial charge >= 0.3 is 6.18 Å². The number of aryl methyl sites for hydroxylation is 1. The summed E-state index contributed by atoms with van der Waals surface area (Å²) >= 11 is 0. The monoisotopic (exact) mass is 610 g/mol. The van der Waals surface area contributed by atoms with E-state index in [9.17, 15) is 26.7 Å². The first kappa shape index (κ1) is 29.4. The number of aromatic nitrogens is 6. The van der Waals surface area contributed by atoms with Crippen molar-refractivity contribution in [3.63, 3.8) is 0 Å². The van der Waals surface area contributed by atoms with Crippen molar-refractivity contribution >= 4 is 17.4 Å². The van der Waals surface area contributed by atoms with Crippen LogP contribution in [0.1, 0.15) is 41.2 Å². The van der Waals surface area contributed by atoms with E-state index >= 15 is 0 Å². The second-order valence-corrected chi connectivity index (χ2v) is 10.7. The van der Waals surface area contributed by atoms with Crippen LogP contribution < -0.4 is 5.32 Å². The van der Waals surface area contributed by atoms with E-state index in [0.717, 1.165) is 17.3 Å². The number of carbonyl (C=O) groups excluding carboxylic acids is 1. The summed E-state index contributed by atoms with van der Waals surface area (Å²) in [5.41, 5.74) is 3.93. The summed E-state index contributed by atoms with van der Waals surface area (Å²) in [6, 6.07) is 11.9. The molecule has 9 nitrogen and oxygen atoms in total. The van der Waals surface area contributed by atoms with E-state index in [-0.39, 0.29) is 29.7 Å². The van der Waals surface area contributed by atoms with Crippen LogP contribution in [-0.4, -0.2) is 66.0 Å². The van der Waals surface area contributed by atoms with Gasteiger partial charge in [0.05, 0.1) is 29.6 Å². The maximum absolute atomic E-state index is 13.8. The molecule has 1 aromatic carbocycles. The number of likely N-dealkylation sites (tertiary alicyclic amines) is 1. The first-order valence-electron chi connectivity index (χ1n) is 14.0. The lowest BCUT2D eigenvalue weighted by Gasteiger charge is -2.32. The Morgan fingerprint density at radius 2 is 1.77 bits per heavy atom. The minimum Gasteiger partial charge on any atom is -0.305 e. The number of alkyl halides is 3. The highest BCUT2D eigenvalue weighted by molar-refractivity contribution is 6.03. The lowest BCUT2D eigenvalue weighted by molar-refractivity contribution is -0.138. The van der Waals surface area contributed by atoms with Gasteiger partial charge in [0, 0.05) is 42.9 Å². The molecule has 5 aromatic rings. The molecule has 1 fully saturated rings. The second-order valence-electron chi connectivity index (χ2n) is 10.7. The summed E-state index contributed by atoms with van der Waals surface area (Å²) in [7, 11) is 1.81. The van der Waals surface area contributed by atoms with E-state index < -0.39 is 24.5 Å². The number of nitrogens with one attached hydrogen (secondary N) is 1. The average molecular weight is 611 g/mol. The Morgan fingerprint density at radius 3 is 2.48 bits per heavy atom. The van der Waals surface area contributed by atoms with Crippen molar-refractivity contribution in [2.45, 2.75) is 31.4 Å². The van der Waals surface area contributed by atoms with Crippen molar-refractivity contribution in [1.29, 1.82) is 0 Å². The lowest BCUT2D eigenvalue weighted by atomic mass is 9.88. The maximum Gasteiger partial charge on any atom is 0.390 e. The fourth-order valence-electron chi connectivity index (χ4n) is 5.59. The fourth-order valence-corrected chi connectivity index (χ4v) is 5.59. The van der Waals surface area contributed by atoms with E-state index in [2.05, 4.69) is 15.3 Å². The van der Waals surface area contributed by atoms with Gasteiger partial charge < -0.3 is 10.2 Å². The zero-order valence-electron chi connectivity index (χ0n) is 23.5. The van der Waals surface area contributed by atoms with E-state index in [1.807, 2.05) is 11.9 Å². The van der Waals surface area contributed by atoms with Crippen LogP contribution in [0.25, 0.3) is 28.2 Å². The number of piperidine rings is 1. The molecule has 1 aliphatic heterocycles. The highest BCUT2D eigenvalue weighted by Crippen LogP contribution is 2.40. The van der Waals surface area contributed by atoms with Gasteiger partial charge in [-0.1, -0.05) is 0 Å². The van der Waals surface area contributed by atoms with Gasteiger partial charge in [0.15, 0.2) is 11.5 Å². The third-order valence-corrected chi connectivity index (χ3v) is 7.70. The van der Waals surface area contributed by atoms with Crippen LogP contribution >= 0.6 is 0 Å². The summed E-state index contributed by atoms with van der Waals surface area (Å²) in [6.45, 7) is 0.981. The first-order valence-corrected chi connectivity index (χ1v) is 14.0. The molecular formula is C30H27F5N8O. The number of anilines is 1. The van der Waals surface area contributed by atoms with Gasteiger partial charge in [0.25, 0.3) is 5.91 Å². The minimum absolute atomic E-state index is 0.00488. The Hall–Kier alpha value is -4.72. The van der Waals surface area contributed by atoms with Gasteiger partial charge in [-0.2, -0.15) is 27.8 Å². The largest absolute Gasteiger partial charge is 0.390 e. The molecule has 0 saturated carbocycles. The van der Waals surface area contributed by atoms with Gasteiger partial charge in [0.2, 0.25) is 5.95 Å². The normalized spacial score (nSPS) is 14.8. The van der Waals surface area contributed by atoms with Gasteiger partial charge in [-0.25, -0.2) is 18.9 Å². The molecule has 0 radical (unpaired) electrons. The summed E-state index contributed by atoms with van der Waals surface area (Å²) in [6.07, 6.45) is -1.06. The summed E-state index contributed by atoms with van der Waals surface area (Å²) in [4.78, 5) is 22.3. The van der Waals surface area contributed by atoms with Crippen LogP contribution in [0.4, 0.5) is 27.8 Å². The Bertz CT molecular complexity index is 1810. The van der Waals surface area contributed by atoms with Crippen molar-refractivity contribution < 1.29 is 26.7 Å². The Morgan fingerprint density at radius 1 is 1.02 bits per heavy atom. The molecule has 1 amide bonds. The van der Waals surface area contributed by atoms with E-state index in [0.29, 0.717) is 48.5 Å². The van der Waals surface area contributed by atoms with Crippen molar-refractivity contribution in [3.05, 3.63) is 83.9 Å². The topological polar surface area (TPSA) is 93.2 Å². The van der Waals surface area contributed by atoms with Crippen molar-refractivity contribution in [2.75, 3.05) is 25.0 Å². The smallest absolute Gasteiger partial charge is 0.305 e. The second kappa shape index (κ2) is 11.8. The van der Waals surface area contributed by atoms with Gasteiger partial charge in [-0.3, -0.25) is 9.48 Å². The number of nitrogens with zero attached hydrogens (tertiary/aromatic N) is 7. The van der Waals surface area contributed by atoms with E-state index in [1.54, 1.807) is 28.9 Å². The Kier molecular flexibility index (Phi) is 7.84. The molecule has 6 rings (SSSR count). The summed E-state index contributed by atoms with van der Waals surface area (Å²) in [5, 5.41) is 12.2. The Labute approximate surface area is 248 Å². The number of carbonyl (C=O) groups is 1. The Balaban J connectivity index is 1.33. The maximum atomic E-state index is 13.8. The van der Waals surface area contributed by atoms with Crippen molar-refractivity contribution in [3.8, 4) is 22.5 Å². The quantitative estimate of drug-likeness (QED) is 0.184. The van der Waals surface area contributed by atoms with Crippen molar-refractivity contribution in [1.82, 2.24) is 34.3 Å². The zero-order valence-corrected chi connectivity index (χ0v) is 23.5. The van der Waals surface area contributed by atoms with Gasteiger partial charge in [-0.15, -0.1) is 0 Å². The molecule has 0 aliphatic carbocycles. The SMILES string of the molecule is Cn1nc(-c2ccc(F)cc2)c(-c2ccc3nc(NC(=O)c4ccnc(F)c4)cn3n2)c1C1CCN(CCC(F)(F)F)CC1. The molecule has 0 unspecified atom stereocenters. The number of fused-ring (bicyclic) bond motifs is 1. The van der Waals surface area contributed by atoms with Crippen LogP contribution in [0, 0.1) is 11.8 Å². The summed E-state index contributed by atoms with van der Waals surface area (Å²) < 4.78 is 68.9. The van der Waals surface area contributed by atoms with Crippen LogP contribution in [0.2, 0.25) is 0 Å². The number of halogens is 5. The van der Waals surface area contributed by atoms with Crippen LogP contribution in [0.3, 0.4) is 0 Å². The predicted molar refractivity (Wildman–Crippen MR) is 152 cm³/mol. The van der Waals surface area contributed by atoms with E-state index in [4.69, 9.17) is 10.2 Å². The third kappa shape index (κ3) is 6.30. The molecule has 44 heavy (non-hydrogen) atoms. The fraction of sp³-hybridized carbons (Fsp3) is 0.300. The zero-order chi connectivity index (χ0) is 31.0. The molecule has 1 aliphatic rings. The van der Waals surface area contributed by atoms with Gasteiger partial charge in [-0.05, 0) is 68.4 Å². The third-order valence-electron chi connectivity index (χ3n) is 7.70. The molecule has 0 bridgehead atoms. The molecule has 1 N–H and O–H groups in total. The predicted octanol–water partition coefficient (Wildman–Crippen LogP) is 5.85. The minimum atomic E-state index is -4.20. The standard InChI is InChI=1S/C30H27F5N8O/c1-41-28(19-9-13-42(14-10-19)15-11-30(33,34)35)26(27(40-41)18-2-4-21(31)5-3-18)22-6-7-25-37-24(17-43(25)39-22)38-29(44)20-8-12-36-23(32)16-20/h2-8,12,16-17,19H,9-11,13-15H2,1H3,(H,38,44). The van der Waals surface area contributed by atoms with E-state index in [1.165, 1.54) is 35.1 Å². The van der Waals surface area contributed by atoms with Crippen molar-refractivity contribution in [2.24, 2.45) is 7.05 Å². The van der Waals surface area contributed by atoms with Crippen LogP contribution in [-0.2, 0) is 7.05 Å². The van der Waals surface area contributed by atoms with Gasteiger partial charge in [0.1, 0.15) is 11.5 Å². The molecule has 0 spiro atoms. The summed E-state index contributed by atoms with van der Waals surface area (Å²) in [5.74, 6) is -1.54. The highest BCUT2D eigenvalue weighted by atomic mass is 19.4. The lowest BCUT2D eigenvalue weighted by Crippen LogP contribution is -2.36. The number of hydrogen-bond donors (Lipinski definition) is 1. The molecule has 14 heteroatoms. The molecule has 1 saturated heterocycles. The number of benzene rings is 1. The molecule has 0 atom stereocenters. The van der Waals surface area contributed by atoms with Crippen LogP contribution in [0.5, 0.6) is 0 Å². The number of hydrogen-bond acceptors (Lipinski definition) is 6. The average Bonchev–Trinajstić information content (AvgIpc) is 3.55. The molecule has 228 valence electrons. The molecule has 4 aromatic heterocycles. The van der Waals surface area contributed by atoms with Crippen LogP contribution in [0.15, 0.2) is 60.9 Å². The molecule has 5 heterocycles. The molecular weight excluding hydrogens is 583 g/mol. The number of pyridine rings is 1.